The summed E-state index contributed by atoms with van der Waals surface area (Å²) in [6, 6.07) is -0.251. The summed E-state index contributed by atoms with van der Waals surface area (Å²) in [5.74, 6) is -0.793. The second-order valence-electron chi connectivity index (χ2n) is 8.77. The highest BCUT2D eigenvalue weighted by atomic mass is 16.6. The van der Waals surface area contributed by atoms with Crippen LogP contribution in [0.4, 0.5) is 0 Å². The summed E-state index contributed by atoms with van der Waals surface area (Å²) >= 11 is 0. The lowest BCUT2D eigenvalue weighted by atomic mass is 9.75. The molecule has 2 aliphatic rings. The smallest absolute Gasteiger partial charge is 0.309 e. The Labute approximate surface area is 156 Å². The first-order chi connectivity index (χ1) is 12.1. The Bertz CT molecular complexity index is 531. The highest BCUT2D eigenvalue weighted by Gasteiger charge is 2.45. The fourth-order valence-corrected chi connectivity index (χ4v) is 4.03. The van der Waals surface area contributed by atoms with Crippen LogP contribution in [0.2, 0.25) is 0 Å². The number of amides is 1. The van der Waals surface area contributed by atoms with Crippen LogP contribution in [0.1, 0.15) is 79.1 Å². The van der Waals surface area contributed by atoms with Crippen LogP contribution in [0.5, 0.6) is 0 Å². The lowest BCUT2D eigenvalue weighted by Gasteiger charge is -2.33. The van der Waals surface area contributed by atoms with Gasteiger partial charge in [0.15, 0.2) is 0 Å². The largest absolute Gasteiger partial charge is 0.463 e. The fourth-order valence-electron chi connectivity index (χ4n) is 4.03. The standard InChI is InChI=1S/C20H33NO5/c1-5-8-14(17(23)26-19(2,3)4)12-20(9-6-7-10-20)18(24)21-15-11-16(22)25-13-15/h14-15H,5-13H2,1-4H3,(H,21,24)/t14-,15?/m1/s1. The summed E-state index contributed by atoms with van der Waals surface area (Å²) < 4.78 is 10.5. The second kappa shape index (κ2) is 8.40. The van der Waals surface area contributed by atoms with Gasteiger partial charge in [0.05, 0.1) is 23.8 Å². The fraction of sp³-hybridized carbons (Fsp3) is 0.850. The molecule has 0 spiro atoms. The zero-order chi connectivity index (χ0) is 19.4. The van der Waals surface area contributed by atoms with Gasteiger partial charge < -0.3 is 14.8 Å². The van der Waals surface area contributed by atoms with Crippen molar-refractivity contribution < 1.29 is 23.9 Å². The van der Waals surface area contributed by atoms with Crippen LogP contribution in [0.15, 0.2) is 0 Å². The summed E-state index contributed by atoms with van der Waals surface area (Å²) in [5.41, 5.74) is -1.07. The molecule has 1 aliphatic heterocycles. The average Bonchev–Trinajstić information content (AvgIpc) is 3.15. The predicted octanol–water partition coefficient (Wildman–Crippen LogP) is 3.13. The summed E-state index contributed by atoms with van der Waals surface area (Å²) in [7, 11) is 0. The Kier molecular flexibility index (Phi) is 6.69. The number of rotatable bonds is 7. The maximum Gasteiger partial charge on any atom is 0.309 e. The molecule has 0 bridgehead atoms. The first kappa shape index (κ1) is 20.7. The van der Waals surface area contributed by atoms with Gasteiger partial charge in [-0.2, -0.15) is 0 Å². The van der Waals surface area contributed by atoms with E-state index in [0.29, 0.717) is 6.42 Å². The molecule has 1 amide bonds. The molecule has 1 heterocycles. The number of cyclic esters (lactones) is 1. The van der Waals surface area contributed by atoms with E-state index in [0.717, 1.165) is 38.5 Å². The molecule has 1 aliphatic carbocycles. The third-order valence-electron chi connectivity index (χ3n) is 5.25. The second-order valence-corrected chi connectivity index (χ2v) is 8.77. The van der Waals surface area contributed by atoms with Crippen LogP contribution >= 0.6 is 0 Å². The zero-order valence-electron chi connectivity index (χ0n) is 16.6. The van der Waals surface area contributed by atoms with E-state index in [4.69, 9.17) is 9.47 Å². The number of ether oxygens (including phenoxy) is 2. The molecular formula is C20H33NO5. The molecule has 1 unspecified atom stereocenters. The molecule has 0 radical (unpaired) electrons. The van der Waals surface area contributed by atoms with Gasteiger partial charge in [0, 0.05) is 0 Å². The number of carbonyl (C=O) groups excluding carboxylic acids is 3. The van der Waals surface area contributed by atoms with E-state index in [1.165, 1.54) is 0 Å². The van der Waals surface area contributed by atoms with E-state index < -0.39 is 11.0 Å². The lowest BCUT2D eigenvalue weighted by Crippen LogP contribution is -2.46. The number of carbonyl (C=O) groups is 3. The Morgan fingerprint density at radius 2 is 1.96 bits per heavy atom. The normalized spacial score (nSPS) is 23.4. The maximum atomic E-state index is 13.0. The van der Waals surface area contributed by atoms with Crippen LogP contribution in [0.3, 0.4) is 0 Å². The summed E-state index contributed by atoms with van der Waals surface area (Å²) in [6.07, 6.45) is 5.87. The van der Waals surface area contributed by atoms with Crippen molar-refractivity contribution in [3.8, 4) is 0 Å². The SMILES string of the molecule is CCC[C@H](CC1(C(=O)NC2COC(=O)C2)CCCC1)C(=O)OC(C)(C)C. The Morgan fingerprint density at radius 3 is 2.46 bits per heavy atom. The van der Waals surface area contributed by atoms with Gasteiger partial charge in [0.1, 0.15) is 12.2 Å². The van der Waals surface area contributed by atoms with Crippen LogP contribution in [0.25, 0.3) is 0 Å². The van der Waals surface area contributed by atoms with E-state index >= 15 is 0 Å². The highest BCUT2D eigenvalue weighted by Crippen LogP contribution is 2.45. The topological polar surface area (TPSA) is 81.7 Å². The maximum absolute atomic E-state index is 13.0. The number of hydrogen-bond donors (Lipinski definition) is 1. The highest BCUT2D eigenvalue weighted by molar-refractivity contribution is 5.85. The van der Waals surface area contributed by atoms with Gasteiger partial charge >= 0.3 is 11.9 Å². The zero-order valence-corrected chi connectivity index (χ0v) is 16.6. The van der Waals surface area contributed by atoms with Crippen molar-refractivity contribution >= 4 is 17.8 Å². The van der Waals surface area contributed by atoms with Crippen LogP contribution in [0, 0.1) is 11.3 Å². The van der Waals surface area contributed by atoms with Crippen molar-refractivity contribution in [2.45, 2.75) is 90.7 Å². The summed E-state index contributed by atoms with van der Waals surface area (Å²) in [5, 5.41) is 2.99. The van der Waals surface area contributed by atoms with Crippen molar-refractivity contribution in [1.82, 2.24) is 5.32 Å². The van der Waals surface area contributed by atoms with Crippen LogP contribution in [-0.4, -0.2) is 36.1 Å². The molecule has 26 heavy (non-hydrogen) atoms. The van der Waals surface area contributed by atoms with E-state index in [1.807, 2.05) is 27.7 Å². The Hall–Kier alpha value is -1.59. The molecule has 1 saturated heterocycles. The van der Waals surface area contributed by atoms with Gasteiger partial charge in [-0.3, -0.25) is 14.4 Å². The molecule has 1 N–H and O–H groups in total. The third kappa shape index (κ3) is 5.45. The quantitative estimate of drug-likeness (QED) is 0.699. The molecule has 148 valence electrons. The summed E-state index contributed by atoms with van der Waals surface area (Å²) in [4.78, 5) is 37.0. The van der Waals surface area contributed by atoms with Crippen molar-refractivity contribution in [3.63, 3.8) is 0 Å². The van der Waals surface area contributed by atoms with Gasteiger partial charge in [-0.1, -0.05) is 26.2 Å². The van der Waals surface area contributed by atoms with Gasteiger partial charge in [0.25, 0.3) is 0 Å². The van der Waals surface area contributed by atoms with Crippen molar-refractivity contribution in [2.24, 2.45) is 11.3 Å². The van der Waals surface area contributed by atoms with Crippen molar-refractivity contribution in [2.75, 3.05) is 6.61 Å². The summed E-state index contributed by atoms with van der Waals surface area (Å²) in [6.45, 7) is 7.88. The molecule has 0 aromatic carbocycles. The molecule has 2 atom stereocenters. The minimum atomic E-state index is -0.539. The van der Waals surface area contributed by atoms with E-state index in [2.05, 4.69) is 5.32 Å². The minimum absolute atomic E-state index is 0.0389. The molecule has 6 heteroatoms. The number of hydrogen-bond acceptors (Lipinski definition) is 5. The molecule has 6 nitrogen and oxygen atoms in total. The average molecular weight is 367 g/mol. The molecule has 0 aromatic rings. The third-order valence-corrected chi connectivity index (χ3v) is 5.25. The molecule has 2 fully saturated rings. The van der Waals surface area contributed by atoms with Crippen molar-refractivity contribution in [1.29, 1.82) is 0 Å². The van der Waals surface area contributed by atoms with Gasteiger partial charge in [-0.25, -0.2) is 0 Å². The van der Waals surface area contributed by atoms with Gasteiger partial charge in [-0.05, 0) is 46.5 Å². The molecule has 2 rings (SSSR count). The lowest BCUT2D eigenvalue weighted by molar-refractivity contribution is -0.162. The van der Waals surface area contributed by atoms with Crippen LogP contribution in [-0.2, 0) is 23.9 Å². The van der Waals surface area contributed by atoms with E-state index in [-0.39, 0.29) is 42.8 Å². The van der Waals surface area contributed by atoms with Crippen LogP contribution < -0.4 is 5.32 Å². The van der Waals surface area contributed by atoms with E-state index in [1.54, 1.807) is 0 Å². The molecular weight excluding hydrogens is 334 g/mol. The van der Waals surface area contributed by atoms with Gasteiger partial charge in [-0.15, -0.1) is 0 Å². The Morgan fingerprint density at radius 1 is 1.31 bits per heavy atom. The minimum Gasteiger partial charge on any atom is -0.463 e. The first-order valence-electron chi connectivity index (χ1n) is 9.85. The number of nitrogens with one attached hydrogen (secondary N) is 1. The number of esters is 2. The monoisotopic (exact) mass is 367 g/mol. The van der Waals surface area contributed by atoms with Gasteiger partial charge in [0.2, 0.25) is 5.91 Å². The molecule has 0 aromatic heterocycles. The molecule has 1 saturated carbocycles. The predicted molar refractivity (Wildman–Crippen MR) is 97.3 cm³/mol. The first-order valence-corrected chi connectivity index (χ1v) is 9.85. The van der Waals surface area contributed by atoms with E-state index in [9.17, 15) is 14.4 Å². The Balaban J connectivity index is 2.09. The van der Waals surface area contributed by atoms with Crippen molar-refractivity contribution in [3.05, 3.63) is 0 Å².